The smallest absolute Gasteiger partial charge is 0.339 e. The molecule has 0 unspecified atom stereocenters. The van der Waals surface area contributed by atoms with Crippen molar-refractivity contribution in [1.29, 1.82) is 0 Å². The van der Waals surface area contributed by atoms with Crippen molar-refractivity contribution in [3.05, 3.63) is 51.8 Å². The first-order valence-corrected chi connectivity index (χ1v) is 6.30. The van der Waals surface area contributed by atoms with Crippen molar-refractivity contribution in [2.75, 3.05) is 0 Å². The largest absolute Gasteiger partial charge is 0.478 e. The Hall–Kier alpha value is -1.95. The Bertz CT molecular complexity index is 617. The van der Waals surface area contributed by atoms with Crippen LogP contribution in [0, 0.1) is 6.92 Å². The second-order valence-corrected chi connectivity index (χ2v) is 4.69. The van der Waals surface area contributed by atoms with Crippen LogP contribution in [0.5, 0.6) is 6.01 Å². The Kier molecular flexibility index (Phi) is 4.11. The van der Waals surface area contributed by atoms with E-state index in [9.17, 15) is 4.79 Å². The Morgan fingerprint density at radius 2 is 2.16 bits per heavy atom. The normalized spacial score (nSPS) is 10.2. The first kappa shape index (κ1) is 13.5. The number of halogens is 1. The molecule has 2 rings (SSSR count). The summed E-state index contributed by atoms with van der Waals surface area (Å²) in [5.41, 5.74) is 1.42. The number of ether oxygens (including phenoxy) is 1. The summed E-state index contributed by atoms with van der Waals surface area (Å²) in [6.07, 6.45) is 1.25. The van der Waals surface area contributed by atoms with E-state index in [-0.39, 0.29) is 11.6 Å². The molecule has 1 aromatic carbocycles. The summed E-state index contributed by atoms with van der Waals surface area (Å²) in [6, 6.07) is 7.82. The molecule has 1 N–H and O–H groups in total. The molecule has 0 amide bonds. The molecule has 0 fully saturated rings. The maximum absolute atomic E-state index is 10.8. The Labute approximate surface area is 118 Å². The third kappa shape index (κ3) is 3.29. The molecule has 0 atom stereocenters. The second-order valence-electron chi connectivity index (χ2n) is 3.84. The number of nitrogens with zero attached hydrogens (tertiary/aromatic N) is 2. The number of hydrogen-bond donors (Lipinski definition) is 1. The summed E-state index contributed by atoms with van der Waals surface area (Å²) in [5.74, 6) is -1.05. The summed E-state index contributed by atoms with van der Waals surface area (Å²) < 4.78 is 6.38. The predicted molar refractivity (Wildman–Crippen MR) is 72.2 cm³/mol. The SMILES string of the molecule is Cc1nc(OCc2ccccc2Br)ncc1C(=O)O. The fourth-order valence-corrected chi connectivity index (χ4v) is 1.88. The highest BCUT2D eigenvalue weighted by atomic mass is 79.9. The molecule has 0 aliphatic rings. The lowest BCUT2D eigenvalue weighted by atomic mass is 10.2. The fraction of sp³-hybridized carbons (Fsp3) is 0.154. The molecule has 19 heavy (non-hydrogen) atoms. The van der Waals surface area contributed by atoms with Gasteiger partial charge in [-0.05, 0) is 13.0 Å². The van der Waals surface area contributed by atoms with Crippen LogP contribution in [0.15, 0.2) is 34.9 Å². The van der Waals surface area contributed by atoms with Gasteiger partial charge in [-0.1, -0.05) is 34.1 Å². The van der Waals surface area contributed by atoms with Crippen LogP contribution >= 0.6 is 15.9 Å². The van der Waals surface area contributed by atoms with Gasteiger partial charge < -0.3 is 9.84 Å². The van der Waals surface area contributed by atoms with Crippen molar-refractivity contribution >= 4 is 21.9 Å². The molecule has 0 saturated carbocycles. The van der Waals surface area contributed by atoms with E-state index in [1.807, 2.05) is 24.3 Å². The zero-order chi connectivity index (χ0) is 13.8. The average molecular weight is 323 g/mol. The van der Waals surface area contributed by atoms with E-state index in [1.54, 1.807) is 6.92 Å². The van der Waals surface area contributed by atoms with Crippen LogP contribution < -0.4 is 4.74 Å². The fourth-order valence-electron chi connectivity index (χ4n) is 1.48. The Morgan fingerprint density at radius 1 is 1.42 bits per heavy atom. The average Bonchev–Trinajstić information content (AvgIpc) is 2.37. The van der Waals surface area contributed by atoms with E-state index in [0.717, 1.165) is 10.0 Å². The zero-order valence-corrected chi connectivity index (χ0v) is 11.7. The summed E-state index contributed by atoms with van der Waals surface area (Å²) in [5, 5.41) is 8.87. The van der Waals surface area contributed by atoms with Gasteiger partial charge in [0, 0.05) is 16.2 Å². The van der Waals surface area contributed by atoms with Crippen LogP contribution in [0.3, 0.4) is 0 Å². The molecule has 0 aliphatic carbocycles. The summed E-state index contributed by atoms with van der Waals surface area (Å²) in [4.78, 5) is 18.7. The summed E-state index contributed by atoms with van der Waals surface area (Å²) >= 11 is 3.42. The number of benzene rings is 1. The highest BCUT2D eigenvalue weighted by molar-refractivity contribution is 9.10. The highest BCUT2D eigenvalue weighted by Crippen LogP contribution is 2.17. The van der Waals surface area contributed by atoms with Crippen LogP contribution in [-0.2, 0) is 6.61 Å². The van der Waals surface area contributed by atoms with Crippen LogP contribution in [0.1, 0.15) is 21.6 Å². The monoisotopic (exact) mass is 322 g/mol. The van der Waals surface area contributed by atoms with Gasteiger partial charge in [0.15, 0.2) is 0 Å². The van der Waals surface area contributed by atoms with Crippen molar-refractivity contribution in [2.24, 2.45) is 0 Å². The standard InChI is InChI=1S/C13H11BrN2O3/c1-8-10(12(17)18)6-15-13(16-8)19-7-9-4-2-3-5-11(9)14/h2-6H,7H2,1H3,(H,17,18). The third-order valence-electron chi connectivity index (χ3n) is 2.50. The molecule has 0 radical (unpaired) electrons. The van der Waals surface area contributed by atoms with Gasteiger partial charge in [0.1, 0.15) is 6.61 Å². The number of aryl methyl sites for hydroxylation is 1. The van der Waals surface area contributed by atoms with Gasteiger partial charge >= 0.3 is 12.0 Å². The molecule has 1 heterocycles. The topological polar surface area (TPSA) is 72.3 Å². The van der Waals surface area contributed by atoms with Gasteiger partial charge in [-0.15, -0.1) is 0 Å². The summed E-state index contributed by atoms with van der Waals surface area (Å²) in [7, 11) is 0. The second kappa shape index (κ2) is 5.79. The van der Waals surface area contributed by atoms with Crippen molar-refractivity contribution < 1.29 is 14.6 Å². The minimum absolute atomic E-state index is 0.0771. The number of hydrogen-bond acceptors (Lipinski definition) is 4. The lowest BCUT2D eigenvalue weighted by molar-refractivity contribution is 0.0695. The van der Waals surface area contributed by atoms with Gasteiger partial charge in [-0.2, -0.15) is 4.98 Å². The molecule has 2 aromatic rings. The van der Waals surface area contributed by atoms with E-state index >= 15 is 0 Å². The minimum Gasteiger partial charge on any atom is -0.478 e. The Balaban J connectivity index is 2.11. The molecule has 0 aliphatic heterocycles. The molecule has 98 valence electrons. The number of carboxylic acids is 1. The number of aromatic nitrogens is 2. The maximum Gasteiger partial charge on any atom is 0.339 e. The van der Waals surface area contributed by atoms with Crippen molar-refractivity contribution in [3.8, 4) is 6.01 Å². The molecular weight excluding hydrogens is 312 g/mol. The maximum atomic E-state index is 10.8. The number of rotatable bonds is 4. The first-order chi connectivity index (χ1) is 9.08. The van der Waals surface area contributed by atoms with Crippen LogP contribution in [0.25, 0.3) is 0 Å². The molecule has 6 heteroatoms. The minimum atomic E-state index is -1.05. The number of aromatic carboxylic acids is 1. The number of carboxylic acid groups (broad SMARTS) is 1. The van der Waals surface area contributed by atoms with E-state index < -0.39 is 5.97 Å². The van der Waals surface area contributed by atoms with Crippen LogP contribution in [0.4, 0.5) is 0 Å². The third-order valence-corrected chi connectivity index (χ3v) is 3.28. The van der Waals surface area contributed by atoms with E-state index in [1.165, 1.54) is 6.20 Å². The quantitative estimate of drug-likeness (QED) is 0.937. The zero-order valence-electron chi connectivity index (χ0n) is 10.1. The van der Waals surface area contributed by atoms with Crippen molar-refractivity contribution in [2.45, 2.75) is 13.5 Å². The predicted octanol–water partition coefficient (Wildman–Crippen LogP) is 2.82. The molecule has 5 nitrogen and oxygen atoms in total. The highest BCUT2D eigenvalue weighted by Gasteiger charge is 2.10. The molecular formula is C13H11BrN2O3. The van der Waals surface area contributed by atoms with Gasteiger partial charge in [-0.25, -0.2) is 9.78 Å². The Morgan fingerprint density at radius 3 is 2.79 bits per heavy atom. The number of carbonyl (C=O) groups is 1. The van der Waals surface area contributed by atoms with Gasteiger partial charge in [0.25, 0.3) is 0 Å². The van der Waals surface area contributed by atoms with Gasteiger partial charge in [-0.3, -0.25) is 0 Å². The van der Waals surface area contributed by atoms with Gasteiger partial charge in [0.2, 0.25) is 0 Å². The molecule has 0 saturated heterocycles. The van der Waals surface area contributed by atoms with Gasteiger partial charge in [0.05, 0.1) is 11.3 Å². The van der Waals surface area contributed by atoms with E-state index in [4.69, 9.17) is 9.84 Å². The van der Waals surface area contributed by atoms with E-state index in [2.05, 4.69) is 25.9 Å². The molecule has 0 bridgehead atoms. The molecule has 1 aromatic heterocycles. The van der Waals surface area contributed by atoms with Crippen molar-refractivity contribution in [1.82, 2.24) is 9.97 Å². The lowest BCUT2D eigenvalue weighted by Crippen LogP contribution is -2.06. The summed E-state index contributed by atoms with van der Waals surface area (Å²) in [6.45, 7) is 1.92. The van der Waals surface area contributed by atoms with Crippen LogP contribution in [-0.4, -0.2) is 21.0 Å². The van der Waals surface area contributed by atoms with Crippen molar-refractivity contribution in [3.63, 3.8) is 0 Å². The van der Waals surface area contributed by atoms with Crippen LogP contribution in [0.2, 0.25) is 0 Å². The first-order valence-electron chi connectivity index (χ1n) is 5.51. The lowest BCUT2D eigenvalue weighted by Gasteiger charge is -2.07. The molecule has 0 spiro atoms. The van der Waals surface area contributed by atoms with E-state index in [0.29, 0.717) is 12.3 Å².